The van der Waals surface area contributed by atoms with Gasteiger partial charge in [0.1, 0.15) is 5.70 Å². The smallest absolute Gasteiger partial charge is 0.276 e. The highest BCUT2D eigenvalue weighted by atomic mass is 32.1. The molecule has 1 aliphatic heterocycles. The third-order valence-electron chi connectivity index (χ3n) is 4.46. The van der Waals surface area contributed by atoms with Crippen molar-refractivity contribution in [3.8, 4) is 0 Å². The normalized spacial score (nSPS) is 21.7. The Balaban J connectivity index is 1.83. The number of thiocarbonyl (C=S) groups is 1. The van der Waals surface area contributed by atoms with Crippen LogP contribution in [0.15, 0.2) is 11.9 Å². The molecule has 6 heteroatoms. The molecule has 1 saturated heterocycles. The van der Waals surface area contributed by atoms with Crippen molar-refractivity contribution >= 4 is 29.3 Å². The molecule has 5 nitrogen and oxygen atoms in total. The highest BCUT2D eigenvalue weighted by Gasteiger charge is 2.36. The van der Waals surface area contributed by atoms with Crippen LogP contribution in [0.1, 0.15) is 50.3 Å². The second kappa shape index (κ2) is 6.20. The Hall–Kier alpha value is -1.69. The van der Waals surface area contributed by atoms with E-state index in [1.807, 2.05) is 30.8 Å². The molecule has 1 N–H and O–H groups in total. The van der Waals surface area contributed by atoms with Crippen molar-refractivity contribution in [2.75, 3.05) is 0 Å². The monoisotopic (exact) mass is 318 g/mol. The number of nitrogens with one attached hydrogen (secondary N) is 1. The van der Waals surface area contributed by atoms with Crippen molar-refractivity contribution in [2.45, 2.75) is 58.5 Å². The molecule has 0 spiro atoms. The number of amides is 1. The Morgan fingerprint density at radius 3 is 2.77 bits per heavy atom. The number of hydrogen-bond acceptors (Lipinski definition) is 3. The predicted molar refractivity (Wildman–Crippen MR) is 90.1 cm³/mol. The zero-order valence-electron chi connectivity index (χ0n) is 13.1. The van der Waals surface area contributed by atoms with Crippen molar-refractivity contribution < 1.29 is 4.79 Å². The Morgan fingerprint density at radius 2 is 2.14 bits per heavy atom. The maximum atomic E-state index is 12.7. The molecule has 0 unspecified atom stereocenters. The van der Waals surface area contributed by atoms with Gasteiger partial charge < -0.3 is 5.32 Å². The van der Waals surface area contributed by atoms with E-state index in [9.17, 15) is 4.79 Å². The van der Waals surface area contributed by atoms with Gasteiger partial charge in [0.2, 0.25) is 0 Å². The summed E-state index contributed by atoms with van der Waals surface area (Å²) in [5.74, 6) is 0.000508. The first kappa shape index (κ1) is 15.2. The summed E-state index contributed by atoms with van der Waals surface area (Å²) in [5.41, 5.74) is 2.45. The molecule has 0 atom stereocenters. The second-order valence-corrected chi connectivity index (χ2v) is 6.37. The number of carbonyl (C=O) groups excluding carboxylic acids is 1. The van der Waals surface area contributed by atoms with E-state index in [4.69, 9.17) is 12.2 Å². The average molecular weight is 318 g/mol. The van der Waals surface area contributed by atoms with Gasteiger partial charge in [0, 0.05) is 24.3 Å². The summed E-state index contributed by atoms with van der Waals surface area (Å²) in [6.45, 7) is 4.81. The van der Waals surface area contributed by atoms with E-state index in [0.717, 1.165) is 30.6 Å². The largest absolute Gasteiger partial charge is 0.328 e. The lowest BCUT2D eigenvalue weighted by atomic mass is 9.94. The first-order valence-electron chi connectivity index (χ1n) is 8.00. The highest BCUT2D eigenvalue weighted by Crippen LogP contribution is 2.27. The van der Waals surface area contributed by atoms with Crippen LogP contribution in [-0.2, 0) is 11.3 Å². The summed E-state index contributed by atoms with van der Waals surface area (Å²) >= 11 is 5.38. The van der Waals surface area contributed by atoms with Crippen LogP contribution < -0.4 is 5.32 Å². The summed E-state index contributed by atoms with van der Waals surface area (Å²) in [5, 5.41) is 8.04. The number of rotatable bonds is 3. The van der Waals surface area contributed by atoms with Crippen LogP contribution in [-0.4, -0.2) is 31.7 Å². The maximum Gasteiger partial charge on any atom is 0.276 e. The molecule has 118 valence electrons. The van der Waals surface area contributed by atoms with Gasteiger partial charge in [-0.25, -0.2) is 0 Å². The van der Waals surface area contributed by atoms with E-state index < -0.39 is 0 Å². The summed E-state index contributed by atoms with van der Waals surface area (Å²) in [6, 6.07) is 0.256. The minimum absolute atomic E-state index is 0.000508. The second-order valence-electron chi connectivity index (χ2n) is 5.98. The van der Waals surface area contributed by atoms with Crippen molar-refractivity contribution in [1.82, 2.24) is 20.0 Å². The van der Waals surface area contributed by atoms with Crippen LogP contribution in [0, 0.1) is 6.92 Å². The van der Waals surface area contributed by atoms with Crippen LogP contribution >= 0.6 is 12.2 Å². The van der Waals surface area contributed by atoms with Gasteiger partial charge in [0.15, 0.2) is 5.11 Å². The highest BCUT2D eigenvalue weighted by molar-refractivity contribution is 7.80. The van der Waals surface area contributed by atoms with Crippen LogP contribution in [0.2, 0.25) is 0 Å². The minimum Gasteiger partial charge on any atom is -0.328 e. The SMILES string of the molecule is CCn1cc(/C=C2/NC(=S)N(C3CCCCC3)C2=O)c(C)n1. The fourth-order valence-corrected chi connectivity index (χ4v) is 3.55. The lowest BCUT2D eigenvalue weighted by Gasteiger charge is -2.29. The lowest BCUT2D eigenvalue weighted by molar-refractivity contribution is -0.124. The molecule has 3 rings (SSSR count). The maximum absolute atomic E-state index is 12.7. The summed E-state index contributed by atoms with van der Waals surface area (Å²) in [6.07, 6.45) is 9.55. The van der Waals surface area contributed by atoms with Gasteiger partial charge in [-0.15, -0.1) is 0 Å². The van der Waals surface area contributed by atoms with Gasteiger partial charge in [-0.1, -0.05) is 19.3 Å². The molecular formula is C16H22N4OS. The van der Waals surface area contributed by atoms with Gasteiger partial charge in [-0.2, -0.15) is 5.10 Å². The first-order chi connectivity index (χ1) is 10.6. The molecule has 1 aromatic heterocycles. The zero-order valence-corrected chi connectivity index (χ0v) is 13.9. The van der Waals surface area contributed by atoms with Crippen molar-refractivity contribution in [1.29, 1.82) is 0 Å². The third kappa shape index (κ3) is 2.79. The van der Waals surface area contributed by atoms with E-state index in [-0.39, 0.29) is 11.9 Å². The quantitative estimate of drug-likeness (QED) is 0.687. The molecule has 2 heterocycles. The van der Waals surface area contributed by atoms with E-state index in [0.29, 0.717) is 10.8 Å². The fraction of sp³-hybridized carbons (Fsp3) is 0.562. The standard InChI is InChI=1S/C16H22N4OS/c1-3-19-10-12(11(2)18-19)9-14-15(21)20(16(22)17-14)13-7-5-4-6-8-13/h9-10,13H,3-8H2,1-2H3,(H,17,22)/b14-9+. The summed E-state index contributed by atoms with van der Waals surface area (Å²) in [7, 11) is 0. The van der Waals surface area contributed by atoms with E-state index in [1.54, 1.807) is 4.90 Å². The van der Waals surface area contributed by atoms with Crippen molar-refractivity contribution in [2.24, 2.45) is 0 Å². The molecule has 0 radical (unpaired) electrons. The predicted octanol–water partition coefficient (Wildman–Crippen LogP) is 2.60. The Bertz CT molecular complexity index is 628. The van der Waals surface area contributed by atoms with Crippen molar-refractivity contribution in [3.05, 3.63) is 23.2 Å². The zero-order chi connectivity index (χ0) is 15.7. The molecule has 2 aliphatic rings. The molecule has 0 aromatic carbocycles. The van der Waals surface area contributed by atoms with E-state index in [2.05, 4.69) is 10.4 Å². The van der Waals surface area contributed by atoms with Gasteiger partial charge in [0.25, 0.3) is 5.91 Å². The third-order valence-corrected chi connectivity index (χ3v) is 4.76. The Morgan fingerprint density at radius 1 is 1.41 bits per heavy atom. The Kier molecular flexibility index (Phi) is 4.29. The topological polar surface area (TPSA) is 50.2 Å². The summed E-state index contributed by atoms with van der Waals surface area (Å²) in [4.78, 5) is 14.5. The van der Waals surface area contributed by atoms with Crippen LogP contribution in [0.25, 0.3) is 6.08 Å². The lowest BCUT2D eigenvalue weighted by Crippen LogP contribution is -2.41. The minimum atomic E-state index is 0.000508. The van der Waals surface area contributed by atoms with Crippen LogP contribution in [0.5, 0.6) is 0 Å². The van der Waals surface area contributed by atoms with E-state index >= 15 is 0 Å². The van der Waals surface area contributed by atoms with Gasteiger partial charge in [0.05, 0.1) is 5.69 Å². The number of carbonyl (C=O) groups is 1. The fourth-order valence-electron chi connectivity index (χ4n) is 3.21. The molecule has 2 fully saturated rings. The number of hydrogen-bond donors (Lipinski definition) is 1. The van der Waals surface area contributed by atoms with E-state index in [1.165, 1.54) is 19.3 Å². The van der Waals surface area contributed by atoms with Crippen molar-refractivity contribution in [3.63, 3.8) is 0 Å². The number of aryl methyl sites for hydroxylation is 2. The molecular weight excluding hydrogens is 296 g/mol. The molecule has 0 bridgehead atoms. The van der Waals surface area contributed by atoms with Gasteiger partial charge in [-0.3, -0.25) is 14.4 Å². The van der Waals surface area contributed by atoms with Crippen LogP contribution in [0.3, 0.4) is 0 Å². The van der Waals surface area contributed by atoms with Gasteiger partial charge in [-0.05, 0) is 45.0 Å². The van der Waals surface area contributed by atoms with Gasteiger partial charge >= 0.3 is 0 Å². The first-order valence-corrected chi connectivity index (χ1v) is 8.41. The molecule has 1 saturated carbocycles. The average Bonchev–Trinajstić information content (AvgIpc) is 3.01. The molecule has 1 aromatic rings. The Labute approximate surface area is 136 Å². The molecule has 22 heavy (non-hydrogen) atoms. The van der Waals surface area contributed by atoms with Crippen LogP contribution in [0.4, 0.5) is 0 Å². The number of aromatic nitrogens is 2. The molecule has 1 amide bonds. The molecule has 1 aliphatic carbocycles. The number of nitrogens with zero attached hydrogens (tertiary/aromatic N) is 3. The summed E-state index contributed by atoms with van der Waals surface area (Å²) < 4.78 is 1.87.